The van der Waals surface area contributed by atoms with Crippen molar-refractivity contribution in [1.29, 1.82) is 0 Å². The maximum absolute atomic E-state index is 13.3. The van der Waals surface area contributed by atoms with Crippen LogP contribution in [0.5, 0.6) is 0 Å². The van der Waals surface area contributed by atoms with Gasteiger partial charge in [-0.3, -0.25) is 0 Å². The number of hydrogen-bond donors (Lipinski definition) is 0. The van der Waals surface area contributed by atoms with Crippen LogP contribution in [0.15, 0.2) is 48.5 Å². The largest absolute Gasteiger partial charge is 0.233 e. The van der Waals surface area contributed by atoms with Crippen LogP contribution >= 0.6 is 0 Å². The Kier molecular flexibility index (Phi) is 4.04. The third kappa shape index (κ3) is 3.16. The van der Waals surface area contributed by atoms with Gasteiger partial charge in [-0.1, -0.05) is 6.92 Å². The molecule has 4 rings (SSSR count). The molecule has 0 saturated carbocycles. The fourth-order valence-electron chi connectivity index (χ4n) is 3.36. The van der Waals surface area contributed by atoms with Crippen molar-refractivity contribution in [3.8, 4) is 22.6 Å². The van der Waals surface area contributed by atoms with Crippen LogP contribution in [0.2, 0.25) is 0 Å². The van der Waals surface area contributed by atoms with E-state index >= 15 is 0 Å². The lowest BCUT2D eigenvalue weighted by atomic mass is 9.86. The standard InChI is InChI=1S/C21H18F2N2/c1-13-2-11-18-19(12-13)24-21(15-5-9-17(23)10-6-15)25-20(18)14-3-7-16(22)8-4-14/h3-10,13H,2,11-12H2,1H3/t13-/m0/s1. The quantitative estimate of drug-likeness (QED) is 0.642. The topological polar surface area (TPSA) is 25.8 Å². The molecule has 2 nitrogen and oxygen atoms in total. The molecule has 1 aliphatic carbocycles. The lowest BCUT2D eigenvalue weighted by molar-refractivity contribution is 0.491. The SMILES string of the molecule is C[C@H]1CCc2c(nc(-c3ccc(F)cc3)nc2-c2ccc(F)cc2)C1. The predicted octanol–water partition coefficient (Wildman–Crippen LogP) is 5.21. The van der Waals surface area contributed by atoms with Gasteiger partial charge in [0.25, 0.3) is 0 Å². The van der Waals surface area contributed by atoms with Gasteiger partial charge in [-0.25, -0.2) is 18.7 Å². The van der Waals surface area contributed by atoms with Crippen LogP contribution in [0.3, 0.4) is 0 Å². The molecule has 25 heavy (non-hydrogen) atoms. The summed E-state index contributed by atoms with van der Waals surface area (Å²) in [5.41, 5.74) is 4.72. The highest BCUT2D eigenvalue weighted by Crippen LogP contribution is 2.33. The number of nitrogens with zero attached hydrogens (tertiary/aromatic N) is 2. The predicted molar refractivity (Wildman–Crippen MR) is 94.0 cm³/mol. The summed E-state index contributed by atoms with van der Waals surface area (Å²) in [6.45, 7) is 2.22. The van der Waals surface area contributed by atoms with Crippen molar-refractivity contribution in [3.63, 3.8) is 0 Å². The van der Waals surface area contributed by atoms with Gasteiger partial charge in [0.2, 0.25) is 0 Å². The molecule has 1 atom stereocenters. The van der Waals surface area contributed by atoms with Crippen molar-refractivity contribution in [3.05, 3.63) is 71.4 Å². The van der Waals surface area contributed by atoms with E-state index in [1.807, 2.05) is 0 Å². The Hall–Kier alpha value is -2.62. The first-order chi connectivity index (χ1) is 12.1. The Balaban J connectivity index is 1.89. The number of fused-ring (bicyclic) bond motifs is 1. The zero-order valence-corrected chi connectivity index (χ0v) is 14.0. The summed E-state index contributed by atoms with van der Waals surface area (Å²) in [6, 6.07) is 12.6. The molecule has 1 aromatic heterocycles. The van der Waals surface area contributed by atoms with E-state index in [4.69, 9.17) is 9.97 Å². The van der Waals surface area contributed by atoms with Crippen LogP contribution < -0.4 is 0 Å². The summed E-state index contributed by atoms with van der Waals surface area (Å²) < 4.78 is 26.5. The minimum absolute atomic E-state index is 0.265. The second-order valence-corrected chi connectivity index (χ2v) is 6.68. The minimum Gasteiger partial charge on any atom is -0.233 e. The molecule has 0 aliphatic heterocycles. The first-order valence-electron chi connectivity index (χ1n) is 8.52. The lowest BCUT2D eigenvalue weighted by Gasteiger charge is -2.23. The van der Waals surface area contributed by atoms with E-state index in [9.17, 15) is 8.78 Å². The summed E-state index contributed by atoms with van der Waals surface area (Å²) in [4.78, 5) is 9.51. The third-order valence-corrected chi connectivity index (χ3v) is 4.74. The molecule has 0 spiro atoms. The minimum atomic E-state index is -0.283. The van der Waals surface area contributed by atoms with Crippen LogP contribution in [0.1, 0.15) is 24.6 Å². The Morgan fingerprint density at radius 1 is 0.840 bits per heavy atom. The Bertz CT molecular complexity index is 902. The Morgan fingerprint density at radius 3 is 2.08 bits per heavy atom. The smallest absolute Gasteiger partial charge is 0.160 e. The summed E-state index contributed by atoms with van der Waals surface area (Å²) >= 11 is 0. The van der Waals surface area contributed by atoms with Gasteiger partial charge in [-0.2, -0.15) is 0 Å². The highest BCUT2D eigenvalue weighted by atomic mass is 19.1. The fraction of sp³-hybridized carbons (Fsp3) is 0.238. The van der Waals surface area contributed by atoms with Gasteiger partial charge in [-0.15, -0.1) is 0 Å². The summed E-state index contributed by atoms with van der Waals surface area (Å²) in [7, 11) is 0. The molecule has 126 valence electrons. The van der Waals surface area contributed by atoms with E-state index in [0.29, 0.717) is 11.7 Å². The molecule has 2 aromatic carbocycles. The van der Waals surface area contributed by atoms with Crippen LogP contribution in [-0.2, 0) is 12.8 Å². The van der Waals surface area contributed by atoms with Crippen molar-refractivity contribution in [2.75, 3.05) is 0 Å². The van der Waals surface area contributed by atoms with Crippen molar-refractivity contribution < 1.29 is 8.78 Å². The van der Waals surface area contributed by atoms with Gasteiger partial charge in [-0.05, 0) is 73.7 Å². The molecular weight excluding hydrogens is 318 g/mol. The van der Waals surface area contributed by atoms with E-state index in [2.05, 4.69) is 6.92 Å². The molecule has 1 aliphatic rings. The highest BCUT2D eigenvalue weighted by molar-refractivity contribution is 5.68. The first kappa shape index (κ1) is 15.9. The number of rotatable bonds is 2. The zero-order valence-electron chi connectivity index (χ0n) is 14.0. The lowest BCUT2D eigenvalue weighted by Crippen LogP contribution is -2.16. The van der Waals surface area contributed by atoms with Crippen LogP contribution in [0.4, 0.5) is 8.78 Å². The maximum atomic E-state index is 13.3. The van der Waals surface area contributed by atoms with Gasteiger partial charge in [0.05, 0.1) is 5.69 Å². The van der Waals surface area contributed by atoms with Crippen molar-refractivity contribution in [2.45, 2.75) is 26.2 Å². The van der Waals surface area contributed by atoms with Gasteiger partial charge >= 0.3 is 0 Å². The summed E-state index contributed by atoms with van der Waals surface area (Å²) in [6.07, 6.45) is 2.92. The van der Waals surface area contributed by atoms with Gasteiger partial charge in [0.15, 0.2) is 5.82 Å². The molecule has 3 aromatic rings. The van der Waals surface area contributed by atoms with Crippen molar-refractivity contribution in [1.82, 2.24) is 9.97 Å². The first-order valence-corrected chi connectivity index (χ1v) is 8.52. The van der Waals surface area contributed by atoms with Crippen LogP contribution in [-0.4, -0.2) is 9.97 Å². The molecule has 0 radical (unpaired) electrons. The van der Waals surface area contributed by atoms with Gasteiger partial charge < -0.3 is 0 Å². The molecule has 4 heteroatoms. The Morgan fingerprint density at radius 2 is 1.44 bits per heavy atom. The molecule has 0 N–H and O–H groups in total. The molecule has 0 unspecified atom stereocenters. The number of aromatic nitrogens is 2. The maximum Gasteiger partial charge on any atom is 0.160 e. The average molecular weight is 336 g/mol. The third-order valence-electron chi connectivity index (χ3n) is 4.74. The molecule has 0 amide bonds. The molecule has 1 heterocycles. The van der Waals surface area contributed by atoms with E-state index in [1.54, 1.807) is 24.3 Å². The van der Waals surface area contributed by atoms with Gasteiger partial charge in [0, 0.05) is 22.4 Å². The molecule has 0 fully saturated rings. The highest BCUT2D eigenvalue weighted by Gasteiger charge is 2.22. The van der Waals surface area contributed by atoms with E-state index < -0.39 is 0 Å². The zero-order chi connectivity index (χ0) is 17.4. The van der Waals surface area contributed by atoms with Crippen LogP contribution in [0.25, 0.3) is 22.6 Å². The van der Waals surface area contributed by atoms with E-state index in [1.165, 1.54) is 24.3 Å². The average Bonchev–Trinajstić information content (AvgIpc) is 2.62. The number of benzene rings is 2. The molecule has 0 bridgehead atoms. The second-order valence-electron chi connectivity index (χ2n) is 6.68. The van der Waals surface area contributed by atoms with Crippen molar-refractivity contribution in [2.24, 2.45) is 5.92 Å². The number of hydrogen-bond acceptors (Lipinski definition) is 2. The summed E-state index contributed by atoms with van der Waals surface area (Å²) in [5, 5.41) is 0. The van der Waals surface area contributed by atoms with E-state index in [-0.39, 0.29) is 11.6 Å². The van der Waals surface area contributed by atoms with Gasteiger partial charge in [0.1, 0.15) is 11.6 Å². The monoisotopic (exact) mass is 336 g/mol. The normalized spacial score (nSPS) is 16.5. The number of halogens is 2. The molecular formula is C21H18F2N2. The van der Waals surface area contributed by atoms with E-state index in [0.717, 1.165) is 47.3 Å². The second kappa shape index (κ2) is 6.36. The van der Waals surface area contributed by atoms with Crippen LogP contribution in [0, 0.1) is 17.6 Å². The Labute approximate surface area is 145 Å². The molecule has 0 saturated heterocycles. The fourth-order valence-corrected chi connectivity index (χ4v) is 3.36. The van der Waals surface area contributed by atoms with Crippen molar-refractivity contribution >= 4 is 0 Å². The summed E-state index contributed by atoms with van der Waals surface area (Å²) in [5.74, 6) is 0.616.